The second-order valence-electron chi connectivity index (χ2n) is 4.47. The van der Waals surface area contributed by atoms with Gasteiger partial charge < -0.3 is 4.42 Å². The van der Waals surface area contributed by atoms with Crippen molar-refractivity contribution in [3.8, 4) is 11.5 Å². The van der Waals surface area contributed by atoms with Crippen molar-refractivity contribution in [2.45, 2.75) is 0 Å². The van der Waals surface area contributed by atoms with Gasteiger partial charge in [0.25, 0.3) is 11.8 Å². The van der Waals surface area contributed by atoms with Crippen LogP contribution in [0.1, 0.15) is 10.4 Å². The Kier molecular flexibility index (Phi) is 4.03. The van der Waals surface area contributed by atoms with E-state index < -0.39 is 17.5 Å². The van der Waals surface area contributed by atoms with Gasteiger partial charge in [0.15, 0.2) is 0 Å². The molecule has 116 valence electrons. The van der Waals surface area contributed by atoms with Crippen molar-refractivity contribution in [3.05, 3.63) is 64.7 Å². The van der Waals surface area contributed by atoms with E-state index >= 15 is 0 Å². The number of carbonyl (C=O) groups is 1. The zero-order valence-corrected chi connectivity index (χ0v) is 12.1. The Morgan fingerprint density at radius 1 is 1.13 bits per heavy atom. The predicted molar refractivity (Wildman–Crippen MR) is 79.1 cm³/mol. The minimum Gasteiger partial charge on any atom is -0.403 e. The summed E-state index contributed by atoms with van der Waals surface area (Å²) in [5, 5.41) is 9.84. The van der Waals surface area contributed by atoms with Gasteiger partial charge in [0.2, 0.25) is 0 Å². The number of halogens is 3. The molecule has 3 aromatic rings. The van der Waals surface area contributed by atoms with Crippen LogP contribution >= 0.6 is 11.6 Å². The molecule has 0 spiro atoms. The van der Waals surface area contributed by atoms with E-state index in [1.165, 1.54) is 6.07 Å². The molecular formula is C15H8ClF2N3O2. The van der Waals surface area contributed by atoms with Gasteiger partial charge in [0, 0.05) is 6.07 Å². The summed E-state index contributed by atoms with van der Waals surface area (Å²) in [7, 11) is 0. The van der Waals surface area contributed by atoms with E-state index in [0.717, 1.165) is 12.1 Å². The summed E-state index contributed by atoms with van der Waals surface area (Å²) in [4.78, 5) is 12.0. The van der Waals surface area contributed by atoms with Crippen LogP contribution in [0.25, 0.3) is 11.5 Å². The van der Waals surface area contributed by atoms with Crippen molar-refractivity contribution in [2.24, 2.45) is 0 Å². The van der Waals surface area contributed by atoms with Gasteiger partial charge in [0.1, 0.15) is 11.6 Å². The van der Waals surface area contributed by atoms with Crippen LogP contribution < -0.4 is 5.32 Å². The highest BCUT2D eigenvalue weighted by molar-refractivity contribution is 6.34. The number of nitrogens with one attached hydrogen (secondary N) is 1. The molecule has 0 saturated heterocycles. The summed E-state index contributed by atoms with van der Waals surface area (Å²) in [5.74, 6) is -2.31. The van der Waals surface area contributed by atoms with Crippen LogP contribution in [0.5, 0.6) is 0 Å². The SMILES string of the molecule is O=C(Nc1nnc(-c2ccc(F)cc2F)o1)c1ccccc1Cl. The standard InChI is InChI=1S/C15H8ClF2N3O2/c16-11-4-2-1-3-9(11)13(22)19-15-21-20-14(23-15)10-6-5-8(17)7-12(10)18/h1-7H,(H,19,21,22). The summed E-state index contributed by atoms with van der Waals surface area (Å²) in [6.45, 7) is 0. The summed E-state index contributed by atoms with van der Waals surface area (Å²) in [6, 6.07) is 9.10. The van der Waals surface area contributed by atoms with Crippen molar-refractivity contribution in [1.82, 2.24) is 10.2 Å². The molecule has 0 bridgehead atoms. The average Bonchev–Trinajstić information content (AvgIpc) is 2.95. The minimum absolute atomic E-state index is 0.0721. The third-order valence-corrected chi connectivity index (χ3v) is 3.26. The smallest absolute Gasteiger partial charge is 0.322 e. The highest BCUT2D eigenvalue weighted by atomic mass is 35.5. The molecule has 0 aliphatic carbocycles. The first-order valence-electron chi connectivity index (χ1n) is 6.39. The fourth-order valence-corrected chi connectivity index (χ4v) is 2.08. The lowest BCUT2D eigenvalue weighted by Gasteiger charge is -2.02. The molecule has 3 rings (SSSR count). The number of benzene rings is 2. The first-order chi connectivity index (χ1) is 11.0. The maximum absolute atomic E-state index is 13.7. The molecular weight excluding hydrogens is 328 g/mol. The highest BCUT2D eigenvalue weighted by Crippen LogP contribution is 2.24. The maximum Gasteiger partial charge on any atom is 0.322 e. The van der Waals surface area contributed by atoms with Crippen LogP contribution in [-0.2, 0) is 0 Å². The number of carbonyl (C=O) groups excluding carboxylic acids is 1. The molecule has 23 heavy (non-hydrogen) atoms. The molecule has 0 fully saturated rings. The van der Waals surface area contributed by atoms with Gasteiger partial charge in [-0.2, -0.15) is 0 Å². The Hall–Kier alpha value is -2.80. The van der Waals surface area contributed by atoms with Crippen molar-refractivity contribution >= 4 is 23.5 Å². The van der Waals surface area contributed by atoms with Gasteiger partial charge in [-0.1, -0.05) is 28.8 Å². The van der Waals surface area contributed by atoms with Crippen LogP contribution in [0.15, 0.2) is 46.9 Å². The number of aromatic nitrogens is 2. The van der Waals surface area contributed by atoms with Crippen LogP contribution in [0.3, 0.4) is 0 Å². The van der Waals surface area contributed by atoms with Crippen LogP contribution in [-0.4, -0.2) is 16.1 Å². The zero-order chi connectivity index (χ0) is 16.4. The molecule has 0 aliphatic heterocycles. The lowest BCUT2D eigenvalue weighted by atomic mass is 10.2. The number of nitrogens with zero attached hydrogens (tertiary/aromatic N) is 2. The Morgan fingerprint density at radius 2 is 1.91 bits per heavy atom. The molecule has 1 N–H and O–H groups in total. The molecule has 1 heterocycles. The molecule has 1 aromatic heterocycles. The van der Waals surface area contributed by atoms with Gasteiger partial charge in [-0.05, 0) is 24.3 Å². The maximum atomic E-state index is 13.7. The third kappa shape index (κ3) is 3.19. The van der Waals surface area contributed by atoms with Gasteiger partial charge >= 0.3 is 6.01 Å². The average molecular weight is 336 g/mol. The van der Waals surface area contributed by atoms with Gasteiger partial charge in [-0.25, -0.2) is 8.78 Å². The van der Waals surface area contributed by atoms with Crippen LogP contribution in [0.2, 0.25) is 5.02 Å². The largest absolute Gasteiger partial charge is 0.403 e. The second kappa shape index (κ2) is 6.13. The Balaban J connectivity index is 1.82. The summed E-state index contributed by atoms with van der Waals surface area (Å²) < 4.78 is 31.7. The number of hydrogen-bond donors (Lipinski definition) is 1. The van der Waals surface area contributed by atoms with E-state index in [0.29, 0.717) is 6.07 Å². The molecule has 0 aliphatic rings. The Labute approximate surface area is 133 Å². The van der Waals surface area contributed by atoms with E-state index in [2.05, 4.69) is 15.5 Å². The van der Waals surface area contributed by atoms with E-state index in [9.17, 15) is 13.6 Å². The molecule has 5 nitrogen and oxygen atoms in total. The van der Waals surface area contributed by atoms with Gasteiger partial charge in [-0.15, -0.1) is 5.10 Å². The summed E-state index contributed by atoms with van der Waals surface area (Å²) >= 11 is 5.91. The Morgan fingerprint density at radius 3 is 2.65 bits per heavy atom. The molecule has 0 atom stereocenters. The first kappa shape index (κ1) is 15.1. The quantitative estimate of drug-likeness (QED) is 0.787. The summed E-state index contributed by atoms with van der Waals surface area (Å²) in [6.07, 6.45) is 0. The molecule has 0 unspecified atom stereocenters. The van der Waals surface area contributed by atoms with Crippen LogP contribution in [0, 0.1) is 11.6 Å². The zero-order valence-electron chi connectivity index (χ0n) is 11.4. The van der Waals surface area contributed by atoms with Crippen molar-refractivity contribution in [2.75, 3.05) is 5.32 Å². The Bertz CT molecular complexity index is 883. The normalized spacial score (nSPS) is 10.6. The van der Waals surface area contributed by atoms with Gasteiger partial charge in [-0.3, -0.25) is 10.1 Å². The van der Waals surface area contributed by atoms with Crippen molar-refractivity contribution in [3.63, 3.8) is 0 Å². The van der Waals surface area contributed by atoms with E-state index in [1.54, 1.807) is 18.2 Å². The topological polar surface area (TPSA) is 68.0 Å². The minimum atomic E-state index is -0.849. The van der Waals surface area contributed by atoms with Crippen LogP contribution in [0.4, 0.5) is 14.8 Å². The predicted octanol–water partition coefficient (Wildman–Crippen LogP) is 3.92. The van der Waals surface area contributed by atoms with E-state index in [4.69, 9.17) is 16.0 Å². The summed E-state index contributed by atoms with van der Waals surface area (Å²) in [5.41, 5.74) is 0.152. The number of hydrogen-bond acceptors (Lipinski definition) is 4. The molecule has 2 aromatic carbocycles. The number of amides is 1. The third-order valence-electron chi connectivity index (χ3n) is 2.93. The molecule has 8 heteroatoms. The number of rotatable bonds is 3. The second-order valence-corrected chi connectivity index (χ2v) is 4.88. The first-order valence-corrected chi connectivity index (χ1v) is 6.77. The van der Waals surface area contributed by atoms with E-state index in [1.807, 2.05) is 0 Å². The molecule has 0 radical (unpaired) electrons. The molecule has 0 saturated carbocycles. The lowest BCUT2D eigenvalue weighted by Crippen LogP contribution is -2.12. The lowest BCUT2D eigenvalue weighted by molar-refractivity contribution is 0.102. The molecule has 1 amide bonds. The fraction of sp³-hybridized carbons (Fsp3) is 0. The van der Waals surface area contributed by atoms with Crippen molar-refractivity contribution in [1.29, 1.82) is 0 Å². The highest BCUT2D eigenvalue weighted by Gasteiger charge is 2.17. The van der Waals surface area contributed by atoms with Crippen molar-refractivity contribution < 1.29 is 18.0 Å². The number of anilines is 1. The van der Waals surface area contributed by atoms with E-state index in [-0.39, 0.29) is 28.1 Å². The fourth-order valence-electron chi connectivity index (χ4n) is 1.86. The van der Waals surface area contributed by atoms with Gasteiger partial charge in [0.05, 0.1) is 16.1 Å². The monoisotopic (exact) mass is 335 g/mol.